The van der Waals surface area contributed by atoms with E-state index in [1.165, 1.54) is 5.56 Å². The van der Waals surface area contributed by atoms with Crippen molar-refractivity contribution in [2.45, 2.75) is 32.6 Å². The third kappa shape index (κ3) is 3.95. The van der Waals surface area contributed by atoms with Gasteiger partial charge in [0, 0.05) is 11.6 Å². The van der Waals surface area contributed by atoms with E-state index in [2.05, 4.69) is 32.0 Å². The summed E-state index contributed by atoms with van der Waals surface area (Å²) in [6.45, 7) is 6.13. The molecule has 4 rings (SSSR count). The summed E-state index contributed by atoms with van der Waals surface area (Å²) in [5.41, 5.74) is 10.8. The molecule has 0 aromatic heterocycles. The van der Waals surface area contributed by atoms with Crippen LogP contribution in [0.5, 0.6) is 11.5 Å². The summed E-state index contributed by atoms with van der Waals surface area (Å²) in [5, 5.41) is 9.75. The van der Waals surface area contributed by atoms with E-state index < -0.39 is 5.97 Å². The molecule has 0 radical (unpaired) electrons. The van der Waals surface area contributed by atoms with Crippen LogP contribution < -0.4 is 15.2 Å². The molecule has 0 saturated carbocycles. The number of hydrogen-bond donors (Lipinski definition) is 1. The van der Waals surface area contributed by atoms with Gasteiger partial charge in [0.25, 0.3) is 0 Å². The minimum absolute atomic E-state index is 0.0558. The first-order valence-electron chi connectivity index (χ1n) is 10.5. The Morgan fingerprint density at radius 2 is 1.81 bits per heavy atom. The third-order valence-corrected chi connectivity index (χ3v) is 5.70. The monoisotopic (exact) mass is 424 g/mol. The number of nitriles is 1. The van der Waals surface area contributed by atoms with E-state index in [0.717, 1.165) is 16.7 Å². The second kappa shape index (κ2) is 8.60. The number of nitrogens with two attached hydrogens (primary N) is 1. The summed E-state index contributed by atoms with van der Waals surface area (Å²) in [7, 11) is 0. The van der Waals surface area contributed by atoms with Crippen LogP contribution in [0.15, 0.2) is 78.2 Å². The van der Waals surface area contributed by atoms with Crippen molar-refractivity contribution in [2.24, 2.45) is 5.73 Å². The molecule has 0 fully saturated rings. The lowest BCUT2D eigenvalue weighted by Gasteiger charge is -2.27. The molecule has 3 aromatic rings. The normalized spacial score (nSPS) is 15.0. The summed E-state index contributed by atoms with van der Waals surface area (Å²) < 4.78 is 11.3. The Morgan fingerprint density at radius 1 is 1.09 bits per heavy atom. The lowest BCUT2D eigenvalue weighted by atomic mass is 9.83. The van der Waals surface area contributed by atoms with Crippen molar-refractivity contribution in [2.75, 3.05) is 0 Å². The summed E-state index contributed by atoms with van der Waals surface area (Å²) in [6.07, 6.45) is 0. The molecule has 1 heterocycles. The van der Waals surface area contributed by atoms with Crippen LogP contribution in [0.2, 0.25) is 0 Å². The molecular formula is C27H24N2O3. The Hall–Kier alpha value is -4.04. The van der Waals surface area contributed by atoms with Crippen molar-refractivity contribution in [3.63, 3.8) is 0 Å². The van der Waals surface area contributed by atoms with Crippen LogP contribution in [0.1, 0.15) is 58.3 Å². The van der Waals surface area contributed by atoms with Gasteiger partial charge in [-0.25, -0.2) is 4.79 Å². The van der Waals surface area contributed by atoms with E-state index in [4.69, 9.17) is 15.2 Å². The van der Waals surface area contributed by atoms with Gasteiger partial charge in [-0.2, -0.15) is 5.26 Å². The molecule has 2 N–H and O–H groups in total. The number of rotatable bonds is 4. The number of allylic oxidation sites excluding steroid dienone is 1. The molecule has 1 atom stereocenters. The Kier molecular flexibility index (Phi) is 5.70. The number of benzene rings is 3. The van der Waals surface area contributed by atoms with Gasteiger partial charge in [0.05, 0.1) is 11.5 Å². The number of esters is 1. The molecule has 0 aliphatic carbocycles. The van der Waals surface area contributed by atoms with E-state index in [0.29, 0.717) is 28.6 Å². The topological polar surface area (TPSA) is 85.3 Å². The fraction of sp³-hybridized carbons (Fsp3) is 0.185. The van der Waals surface area contributed by atoms with Crippen LogP contribution >= 0.6 is 0 Å². The van der Waals surface area contributed by atoms with Crippen LogP contribution in [0.25, 0.3) is 0 Å². The van der Waals surface area contributed by atoms with Crippen molar-refractivity contribution in [1.82, 2.24) is 0 Å². The van der Waals surface area contributed by atoms with Crippen LogP contribution in [0.4, 0.5) is 0 Å². The van der Waals surface area contributed by atoms with E-state index in [1.807, 2.05) is 37.3 Å². The van der Waals surface area contributed by atoms with E-state index in [1.54, 1.807) is 24.3 Å². The Morgan fingerprint density at radius 3 is 2.47 bits per heavy atom. The number of carbonyl (C=O) groups is 1. The molecule has 0 saturated heterocycles. The SMILES string of the molecule is Cc1ccccc1C(=O)Oc1ccc2c(c1)OC(N)=C(C#N)C2c1ccc(C(C)C)cc1. The summed E-state index contributed by atoms with van der Waals surface area (Å²) in [5.74, 6) is 0.480. The van der Waals surface area contributed by atoms with Crippen LogP contribution in [0.3, 0.4) is 0 Å². The molecule has 1 aliphatic rings. The quantitative estimate of drug-likeness (QED) is 0.438. The van der Waals surface area contributed by atoms with E-state index >= 15 is 0 Å². The molecule has 0 amide bonds. The highest BCUT2D eigenvalue weighted by Crippen LogP contribution is 2.43. The number of fused-ring (bicyclic) bond motifs is 1. The van der Waals surface area contributed by atoms with Crippen LogP contribution in [0, 0.1) is 18.3 Å². The first kappa shape index (κ1) is 21.2. The van der Waals surface area contributed by atoms with Gasteiger partial charge in [0.1, 0.15) is 23.1 Å². The van der Waals surface area contributed by atoms with Crippen molar-refractivity contribution in [1.29, 1.82) is 5.26 Å². The van der Waals surface area contributed by atoms with Gasteiger partial charge in [-0.1, -0.05) is 62.4 Å². The van der Waals surface area contributed by atoms with Crippen LogP contribution in [-0.2, 0) is 0 Å². The van der Waals surface area contributed by atoms with Gasteiger partial charge in [0.15, 0.2) is 0 Å². The molecule has 1 aliphatic heterocycles. The second-order valence-electron chi connectivity index (χ2n) is 8.15. The summed E-state index contributed by atoms with van der Waals surface area (Å²) >= 11 is 0. The molecule has 1 unspecified atom stereocenters. The Labute approximate surface area is 187 Å². The number of hydrogen-bond acceptors (Lipinski definition) is 5. The zero-order chi connectivity index (χ0) is 22.8. The van der Waals surface area contributed by atoms with Crippen LogP contribution in [-0.4, -0.2) is 5.97 Å². The Balaban J connectivity index is 1.69. The predicted octanol–water partition coefficient (Wildman–Crippen LogP) is 5.56. The van der Waals surface area contributed by atoms with Gasteiger partial charge in [0.2, 0.25) is 5.88 Å². The number of nitrogens with zero attached hydrogens (tertiary/aromatic N) is 1. The molecular weight excluding hydrogens is 400 g/mol. The van der Waals surface area contributed by atoms with Gasteiger partial charge in [-0.05, 0) is 41.7 Å². The maximum Gasteiger partial charge on any atom is 0.343 e. The zero-order valence-corrected chi connectivity index (χ0v) is 18.3. The summed E-state index contributed by atoms with van der Waals surface area (Å²) in [6, 6.07) is 22.8. The van der Waals surface area contributed by atoms with Gasteiger partial charge in [-0.3, -0.25) is 0 Å². The average Bonchev–Trinajstić information content (AvgIpc) is 2.78. The van der Waals surface area contributed by atoms with Gasteiger partial charge in [-0.15, -0.1) is 0 Å². The smallest absolute Gasteiger partial charge is 0.343 e. The molecule has 0 spiro atoms. The second-order valence-corrected chi connectivity index (χ2v) is 8.15. The van der Waals surface area contributed by atoms with Crippen molar-refractivity contribution in [3.05, 3.63) is 106 Å². The highest BCUT2D eigenvalue weighted by Gasteiger charge is 2.31. The van der Waals surface area contributed by atoms with Gasteiger partial charge >= 0.3 is 5.97 Å². The zero-order valence-electron chi connectivity index (χ0n) is 18.3. The minimum atomic E-state index is -0.444. The number of carbonyl (C=O) groups excluding carboxylic acids is 1. The number of ether oxygens (including phenoxy) is 2. The molecule has 32 heavy (non-hydrogen) atoms. The predicted molar refractivity (Wildman–Crippen MR) is 122 cm³/mol. The first-order chi connectivity index (χ1) is 15.4. The minimum Gasteiger partial charge on any atom is -0.440 e. The lowest BCUT2D eigenvalue weighted by Crippen LogP contribution is -2.21. The maximum atomic E-state index is 12.6. The third-order valence-electron chi connectivity index (χ3n) is 5.70. The average molecular weight is 425 g/mol. The molecule has 3 aromatic carbocycles. The highest BCUT2D eigenvalue weighted by atomic mass is 16.5. The van der Waals surface area contributed by atoms with Crippen molar-refractivity contribution >= 4 is 5.97 Å². The molecule has 5 nitrogen and oxygen atoms in total. The van der Waals surface area contributed by atoms with Crippen molar-refractivity contribution < 1.29 is 14.3 Å². The molecule has 0 bridgehead atoms. The fourth-order valence-electron chi connectivity index (χ4n) is 3.88. The standard InChI is InChI=1S/C27H24N2O3/c1-16(2)18-8-10-19(11-9-18)25-22-13-12-20(14-24(22)32-26(29)23(25)15-28)31-27(30)21-7-5-4-6-17(21)3/h4-14,16,25H,29H2,1-3H3. The largest absolute Gasteiger partial charge is 0.440 e. The first-order valence-corrected chi connectivity index (χ1v) is 10.5. The molecule has 160 valence electrons. The van der Waals surface area contributed by atoms with Crippen molar-refractivity contribution in [3.8, 4) is 17.6 Å². The number of aryl methyl sites for hydroxylation is 1. The highest BCUT2D eigenvalue weighted by molar-refractivity contribution is 5.92. The summed E-state index contributed by atoms with van der Waals surface area (Å²) in [4.78, 5) is 12.6. The van der Waals surface area contributed by atoms with E-state index in [-0.39, 0.29) is 11.8 Å². The van der Waals surface area contributed by atoms with E-state index in [9.17, 15) is 10.1 Å². The Bertz CT molecular complexity index is 1250. The lowest BCUT2D eigenvalue weighted by molar-refractivity contribution is 0.0733. The fourth-order valence-corrected chi connectivity index (χ4v) is 3.88. The maximum absolute atomic E-state index is 12.6. The van der Waals surface area contributed by atoms with Gasteiger partial charge < -0.3 is 15.2 Å². The molecule has 5 heteroatoms.